The summed E-state index contributed by atoms with van der Waals surface area (Å²) >= 11 is 4.91. The zero-order valence-corrected chi connectivity index (χ0v) is 13.2. The minimum absolute atomic E-state index is 0.183. The average molecular weight is 367 g/mol. The maximum absolute atomic E-state index is 12.1. The fourth-order valence-electron chi connectivity index (χ4n) is 1.78. The Bertz CT molecular complexity index is 714. The number of halogens is 1. The van der Waals surface area contributed by atoms with Gasteiger partial charge in [0.2, 0.25) is 6.79 Å². The van der Waals surface area contributed by atoms with Crippen LogP contribution in [0.5, 0.6) is 11.5 Å². The predicted octanol–water partition coefficient (Wildman–Crippen LogP) is 3.14. The molecule has 7 heteroatoms. The molecule has 1 amide bonds. The van der Waals surface area contributed by atoms with E-state index >= 15 is 0 Å². The standard InChI is InChI=1S/C14H11BrN2O3S/c1-8(12-4-5-13(15)21-12)16-17-14(18)9-2-3-10-11(6-9)20-7-19-10/h2-6,16H,1,7H2,(H,17,18). The van der Waals surface area contributed by atoms with E-state index in [0.29, 0.717) is 22.8 Å². The van der Waals surface area contributed by atoms with Gasteiger partial charge in [-0.3, -0.25) is 15.6 Å². The third-order valence-electron chi connectivity index (χ3n) is 2.83. The quantitative estimate of drug-likeness (QED) is 0.816. The molecule has 21 heavy (non-hydrogen) atoms. The summed E-state index contributed by atoms with van der Waals surface area (Å²) in [4.78, 5) is 13.0. The fourth-order valence-corrected chi connectivity index (χ4v) is 3.09. The summed E-state index contributed by atoms with van der Waals surface area (Å²) < 4.78 is 11.5. The van der Waals surface area contributed by atoms with Gasteiger partial charge in [0.25, 0.3) is 5.91 Å². The van der Waals surface area contributed by atoms with Gasteiger partial charge in [0.15, 0.2) is 11.5 Å². The highest BCUT2D eigenvalue weighted by Crippen LogP contribution is 2.32. The van der Waals surface area contributed by atoms with Crippen LogP contribution < -0.4 is 20.3 Å². The van der Waals surface area contributed by atoms with Crippen LogP contribution in [-0.2, 0) is 0 Å². The van der Waals surface area contributed by atoms with Gasteiger partial charge in [-0.05, 0) is 46.3 Å². The normalized spacial score (nSPS) is 12.0. The minimum Gasteiger partial charge on any atom is -0.454 e. The van der Waals surface area contributed by atoms with Crippen molar-refractivity contribution in [1.82, 2.24) is 10.9 Å². The van der Waals surface area contributed by atoms with Crippen LogP contribution in [-0.4, -0.2) is 12.7 Å². The van der Waals surface area contributed by atoms with Gasteiger partial charge < -0.3 is 9.47 Å². The van der Waals surface area contributed by atoms with E-state index in [1.165, 1.54) is 11.3 Å². The maximum Gasteiger partial charge on any atom is 0.269 e. The fraction of sp³-hybridized carbons (Fsp3) is 0.0714. The van der Waals surface area contributed by atoms with Crippen molar-refractivity contribution in [1.29, 1.82) is 0 Å². The maximum atomic E-state index is 12.1. The molecular formula is C14H11BrN2O3S. The molecule has 2 heterocycles. The van der Waals surface area contributed by atoms with Crippen LogP contribution in [0.25, 0.3) is 5.70 Å². The summed E-state index contributed by atoms with van der Waals surface area (Å²) in [5, 5.41) is 0. The van der Waals surface area contributed by atoms with Crippen molar-refractivity contribution in [2.75, 3.05) is 6.79 Å². The Balaban J connectivity index is 1.63. The second-order valence-corrected chi connectivity index (χ2v) is 6.69. The number of benzene rings is 1. The highest BCUT2D eigenvalue weighted by molar-refractivity contribution is 9.11. The SMILES string of the molecule is C=C(NNC(=O)c1ccc2c(c1)OCO2)c1ccc(Br)s1. The van der Waals surface area contributed by atoms with Gasteiger partial charge in [0, 0.05) is 5.56 Å². The number of fused-ring (bicyclic) bond motifs is 1. The number of carbonyl (C=O) groups excluding carboxylic acids is 1. The molecule has 0 saturated carbocycles. The molecule has 0 bridgehead atoms. The van der Waals surface area contributed by atoms with Gasteiger partial charge in [-0.1, -0.05) is 6.58 Å². The molecule has 1 aromatic carbocycles. The molecule has 0 spiro atoms. The van der Waals surface area contributed by atoms with Crippen molar-refractivity contribution in [2.45, 2.75) is 0 Å². The Hall–Kier alpha value is -1.99. The summed E-state index contributed by atoms with van der Waals surface area (Å²) in [7, 11) is 0. The monoisotopic (exact) mass is 366 g/mol. The number of hydrogen-bond donors (Lipinski definition) is 2. The first-order valence-corrected chi connectivity index (χ1v) is 7.65. The lowest BCUT2D eigenvalue weighted by atomic mass is 10.2. The van der Waals surface area contributed by atoms with Crippen molar-refractivity contribution in [3.05, 3.63) is 51.1 Å². The molecule has 3 rings (SSSR count). The molecule has 0 atom stereocenters. The molecule has 2 aromatic rings. The Labute approximate surface area is 133 Å². The largest absolute Gasteiger partial charge is 0.454 e. The summed E-state index contributed by atoms with van der Waals surface area (Å²) in [5.41, 5.74) is 6.51. The Kier molecular flexibility index (Phi) is 3.85. The van der Waals surface area contributed by atoms with Crippen LogP contribution in [0.2, 0.25) is 0 Å². The van der Waals surface area contributed by atoms with Gasteiger partial charge in [-0.2, -0.15) is 0 Å². The molecular weight excluding hydrogens is 356 g/mol. The van der Waals surface area contributed by atoms with Crippen LogP contribution in [0.1, 0.15) is 15.2 Å². The summed E-state index contributed by atoms with van der Waals surface area (Å²) in [6.07, 6.45) is 0. The zero-order valence-electron chi connectivity index (χ0n) is 10.8. The first-order valence-electron chi connectivity index (χ1n) is 6.04. The average Bonchev–Trinajstić information content (AvgIpc) is 3.12. The molecule has 0 saturated heterocycles. The third-order valence-corrected chi connectivity index (χ3v) is 4.52. The number of hydrogen-bond acceptors (Lipinski definition) is 5. The van der Waals surface area contributed by atoms with Crippen LogP contribution in [0.4, 0.5) is 0 Å². The number of carbonyl (C=O) groups is 1. The molecule has 108 valence electrons. The van der Waals surface area contributed by atoms with E-state index < -0.39 is 0 Å². The van der Waals surface area contributed by atoms with E-state index in [1.54, 1.807) is 18.2 Å². The first-order chi connectivity index (χ1) is 10.1. The zero-order chi connectivity index (χ0) is 14.8. The van der Waals surface area contributed by atoms with Crippen molar-refractivity contribution < 1.29 is 14.3 Å². The second kappa shape index (κ2) is 5.79. The molecule has 0 fully saturated rings. The lowest BCUT2D eigenvalue weighted by Crippen LogP contribution is -2.35. The molecule has 1 aliphatic heterocycles. The van der Waals surface area contributed by atoms with E-state index in [1.807, 2.05) is 12.1 Å². The molecule has 0 radical (unpaired) electrons. The van der Waals surface area contributed by atoms with Gasteiger partial charge in [0.05, 0.1) is 14.4 Å². The molecule has 2 N–H and O–H groups in total. The Morgan fingerprint density at radius 3 is 2.76 bits per heavy atom. The number of hydrazine groups is 1. The van der Waals surface area contributed by atoms with Crippen LogP contribution in [0.3, 0.4) is 0 Å². The lowest BCUT2D eigenvalue weighted by Gasteiger charge is -2.10. The van der Waals surface area contributed by atoms with E-state index in [4.69, 9.17) is 9.47 Å². The third kappa shape index (κ3) is 3.03. The van der Waals surface area contributed by atoms with Gasteiger partial charge >= 0.3 is 0 Å². The topological polar surface area (TPSA) is 59.6 Å². The molecule has 1 aliphatic rings. The van der Waals surface area contributed by atoms with E-state index in [2.05, 4.69) is 33.4 Å². The van der Waals surface area contributed by atoms with Crippen molar-refractivity contribution in [3.63, 3.8) is 0 Å². The molecule has 1 aromatic heterocycles. The number of rotatable bonds is 4. The molecule has 0 unspecified atom stereocenters. The van der Waals surface area contributed by atoms with Crippen molar-refractivity contribution in [2.24, 2.45) is 0 Å². The van der Waals surface area contributed by atoms with Crippen LogP contribution in [0, 0.1) is 0 Å². The molecule has 5 nitrogen and oxygen atoms in total. The summed E-state index contributed by atoms with van der Waals surface area (Å²) in [6.45, 7) is 4.06. The first kappa shape index (κ1) is 14.0. The lowest BCUT2D eigenvalue weighted by molar-refractivity contribution is 0.0942. The minimum atomic E-state index is -0.273. The Morgan fingerprint density at radius 1 is 1.19 bits per heavy atom. The summed E-state index contributed by atoms with van der Waals surface area (Å²) in [6, 6.07) is 8.87. The van der Waals surface area contributed by atoms with E-state index in [0.717, 1.165) is 8.66 Å². The number of amides is 1. The number of thiophene rings is 1. The number of nitrogens with one attached hydrogen (secondary N) is 2. The highest BCUT2D eigenvalue weighted by atomic mass is 79.9. The van der Waals surface area contributed by atoms with Crippen molar-refractivity contribution in [3.8, 4) is 11.5 Å². The molecule has 0 aliphatic carbocycles. The van der Waals surface area contributed by atoms with Crippen LogP contribution >= 0.6 is 27.3 Å². The van der Waals surface area contributed by atoms with E-state index in [-0.39, 0.29) is 12.7 Å². The van der Waals surface area contributed by atoms with Gasteiger partial charge in [-0.25, -0.2) is 0 Å². The van der Waals surface area contributed by atoms with Gasteiger partial charge in [-0.15, -0.1) is 11.3 Å². The second-order valence-electron chi connectivity index (χ2n) is 4.23. The number of ether oxygens (including phenoxy) is 2. The van der Waals surface area contributed by atoms with Crippen LogP contribution in [0.15, 0.2) is 40.7 Å². The highest BCUT2D eigenvalue weighted by Gasteiger charge is 2.16. The Morgan fingerprint density at radius 2 is 2.00 bits per heavy atom. The predicted molar refractivity (Wildman–Crippen MR) is 84.2 cm³/mol. The van der Waals surface area contributed by atoms with Gasteiger partial charge in [0.1, 0.15) is 0 Å². The smallest absolute Gasteiger partial charge is 0.269 e. The van der Waals surface area contributed by atoms with Crippen molar-refractivity contribution >= 4 is 38.9 Å². The summed E-state index contributed by atoms with van der Waals surface area (Å²) in [5.74, 6) is 0.945. The van der Waals surface area contributed by atoms with E-state index in [9.17, 15) is 4.79 Å².